The molecule has 1 aromatic carbocycles. The highest BCUT2D eigenvalue weighted by molar-refractivity contribution is 7.99. The molecule has 0 atom stereocenters. The molecule has 0 radical (unpaired) electrons. The van der Waals surface area contributed by atoms with Gasteiger partial charge in [0.05, 0.1) is 32.5 Å². The van der Waals surface area contributed by atoms with Gasteiger partial charge in [0.15, 0.2) is 0 Å². The minimum atomic E-state index is -0.675. The number of pyridine rings is 1. The van der Waals surface area contributed by atoms with Gasteiger partial charge in [0.2, 0.25) is 0 Å². The maximum Gasteiger partial charge on any atom is 0.326 e. The van der Waals surface area contributed by atoms with Crippen LogP contribution in [-0.2, 0) is 0 Å². The third kappa shape index (κ3) is 5.61. The van der Waals surface area contributed by atoms with Crippen LogP contribution >= 0.6 is 35.0 Å². The van der Waals surface area contributed by atoms with Crippen LogP contribution in [-0.4, -0.2) is 22.2 Å². The Kier molecular flexibility index (Phi) is 6.99. The standard InChI is InChI=1S/C19H19Cl2N3O2S/c20-14-7-4-8-15(21)17(14)18(25)24-19(26)23-12-9-10-16(22-11-12)27-13-5-2-1-3-6-13/h4,7-11,13H,1-3,5-6H2,(H2,23,24,25,26). The summed E-state index contributed by atoms with van der Waals surface area (Å²) in [4.78, 5) is 28.6. The van der Waals surface area contributed by atoms with E-state index in [4.69, 9.17) is 23.2 Å². The first-order valence-electron chi connectivity index (χ1n) is 8.72. The molecule has 1 aromatic heterocycles. The maximum atomic E-state index is 12.2. The second-order valence-corrected chi connectivity index (χ2v) is 8.40. The molecule has 0 unspecified atom stereocenters. The van der Waals surface area contributed by atoms with Crippen LogP contribution < -0.4 is 10.6 Å². The second-order valence-electron chi connectivity index (χ2n) is 6.27. The van der Waals surface area contributed by atoms with Crippen molar-refractivity contribution in [2.75, 3.05) is 5.32 Å². The van der Waals surface area contributed by atoms with Crippen LogP contribution in [0.4, 0.5) is 10.5 Å². The van der Waals surface area contributed by atoms with Gasteiger partial charge in [-0.15, -0.1) is 11.8 Å². The van der Waals surface area contributed by atoms with Crippen molar-refractivity contribution in [3.8, 4) is 0 Å². The number of rotatable bonds is 4. The van der Waals surface area contributed by atoms with Crippen LogP contribution in [0.25, 0.3) is 0 Å². The SMILES string of the molecule is O=C(NC(=O)c1c(Cl)cccc1Cl)Nc1ccc(SC2CCCCC2)nc1. The molecule has 0 saturated heterocycles. The zero-order valence-electron chi connectivity index (χ0n) is 14.5. The number of amides is 3. The smallest absolute Gasteiger partial charge is 0.306 e. The number of thioether (sulfide) groups is 1. The third-order valence-electron chi connectivity index (χ3n) is 4.25. The van der Waals surface area contributed by atoms with Gasteiger partial charge in [0.1, 0.15) is 0 Å². The molecule has 142 valence electrons. The lowest BCUT2D eigenvalue weighted by atomic mass is 10.0. The fraction of sp³-hybridized carbons (Fsp3) is 0.316. The topological polar surface area (TPSA) is 71.1 Å². The Morgan fingerprint density at radius 3 is 2.37 bits per heavy atom. The predicted molar refractivity (Wildman–Crippen MR) is 110 cm³/mol. The number of carbonyl (C=O) groups excluding carboxylic acids is 2. The summed E-state index contributed by atoms with van der Waals surface area (Å²) in [5.41, 5.74) is 0.562. The number of imide groups is 1. The molecular formula is C19H19Cl2N3O2S. The molecule has 3 rings (SSSR count). The second kappa shape index (κ2) is 9.44. The Labute approximate surface area is 172 Å². The molecule has 1 aliphatic carbocycles. The summed E-state index contributed by atoms with van der Waals surface area (Å²) < 4.78 is 0. The van der Waals surface area contributed by atoms with Gasteiger partial charge in [0, 0.05) is 5.25 Å². The zero-order chi connectivity index (χ0) is 19.2. The third-order valence-corrected chi connectivity index (χ3v) is 6.17. The first-order valence-corrected chi connectivity index (χ1v) is 10.4. The average Bonchev–Trinajstić information content (AvgIpc) is 2.64. The molecule has 1 fully saturated rings. The largest absolute Gasteiger partial charge is 0.326 e. The average molecular weight is 424 g/mol. The minimum Gasteiger partial charge on any atom is -0.306 e. The van der Waals surface area contributed by atoms with E-state index in [1.54, 1.807) is 30.1 Å². The normalized spacial score (nSPS) is 14.6. The van der Waals surface area contributed by atoms with Gasteiger partial charge in [-0.25, -0.2) is 9.78 Å². The van der Waals surface area contributed by atoms with E-state index in [1.165, 1.54) is 44.2 Å². The highest BCUT2D eigenvalue weighted by Gasteiger charge is 2.18. The van der Waals surface area contributed by atoms with E-state index in [1.807, 2.05) is 6.07 Å². The summed E-state index contributed by atoms with van der Waals surface area (Å²) in [5.74, 6) is -0.666. The molecule has 1 aliphatic rings. The summed E-state index contributed by atoms with van der Waals surface area (Å²) >= 11 is 13.7. The lowest BCUT2D eigenvalue weighted by Crippen LogP contribution is -2.34. The summed E-state index contributed by atoms with van der Waals surface area (Å²) in [6.45, 7) is 0. The number of nitrogens with one attached hydrogen (secondary N) is 2. The Morgan fingerprint density at radius 2 is 1.74 bits per heavy atom. The van der Waals surface area contributed by atoms with Gasteiger partial charge < -0.3 is 5.32 Å². The number of anilines is 1. The van der Waals surface area contributed by atoms with E-state index in [9.17, 15) is 9.59 Å². The first-order chi connectivity index (χ1) is 13.0. The fourth-order valence-corrected chi connectivity index (χ4v) is 4.66. The summed E-state index contributed by atoms with van der Waals surface area (Å²) in [6.07, 6.45) is 7.91. The number of benzene rings is 1. The van der Waals surface area contributed by atoms with Crippen molar-refractivity contribution < 1.29 is 9.59 Å². The Bertz CT molecular complexity index is 804. The lowest BCUT2D eigenvalue weighted by molar-refractivity contribution is 0.0967. The number of aromatic nitrogens is 1. The molecule has 0 spiro atoms. The molecule has 27 heavy (non-hydrogen) atoms. The molecule has 3 amide bonds. The molecule has 1 heterocycles. The number of halogens is 2. The fourth-order valence-electron chi connectivity index (χ4n) is 2.92. The van der Waals surface area contributed by atoms with E-state index in [0.29, 0.717) is 10.9 Å². The Morgan fingerprint density at radius 1 is 1.04 bits per heavy atom. The number of hydrogen-bond donors (Lipinski definition) is 2. The quantitative estimate of drug-likeness (QED) is 0.653. The molecule has 0 bridgehead atoms. The number of carbonyl (C=O) groups is 2. The van der Waals surface area contributed by atoms with Crippen LogP contribution in [0.15, 0.2) is 41.6 Å². The van der Waals surface area contributed by atoms with Gasteiger partial charge in [-0.05, 0) is 37.1 Å². The van der Waals surface area contributed by atoms with Crippen LogP contribution in [0.1, 0.15) is 42.5 Å². The van der Waals surface area contributed by atoms with E-state index in [-0.39, 0.29) is 15.6 Å². The van der Waals surface area contributed by atoms with Crippen LogP contribution in [0.2, 0.25) is 10.0 Å². The van der Waals surface area contributed by atoms with Crippen molar-refractivity contribution in [1.29, 1.82) is 0 Å². The first kappa shape index (κ1) is 20.0. The molecule has 8 heteroatoms. The maximum absolute atomic E-state index is 12.2. The number of hydrogen-bond acceptors (Lipinski definition) is 4. The molecular weight excluding hydrogens is 405 g/mol. The Balaban J connectivity index is 1.55. The van der Waals surface area contributed by atoms with Gasteiger partial charge in [-0.2, -0.15) is 0 Å². The lowest BCUT2D eigenvalue weighted by Gasteiger charge is -2.20. The summed E-state index contributed by atoms with van der Waals surface area (Å²) in [6, 6.07) is 7.66. The zero-order valence-corrected chi connectivity index (χ0v) is 16.8. The molecule has 2 aromatic rings. The van der Waals surface area contributed by atoms with Crippen LogP contribution in [0, 0.1) is 0 Å². The van der Waals surface area contributed by atoms with Crippen molar-refractivity contribution in [1.82, 2.24) is 10.3 Å². The van der Waals surface area contributed by atoms with Crippen LogP contribution in [0.5, 0.6) is 0 Å². The van der Waals surface area contributed by atoms with Crippen LogP contribution in [0.3, 0.4) is 0 Å². The van der Waals surface area contributed by atoms with Gasteiger partial charge in [-0.3, -0.25) is 10.1 Å². The number of nitrogens with zero attached hydrogens (tertiary/aromatic N) is 1. The van der Waals surface area contributed by atoms with Crippen molar-refractivity contribution in [2.24, 2.45) is 0 Å². The monoisotopic (exact) mass is 423 g/mol. The van der Waals surface area contributed by atoms with E-state index >= 15 is 0 Å². The van der Waals surface area contributed by atoms with E-state index in [2.05, 4.69) is 15.6 Å². The summed E-state index contributed by atoms with van der Waals surface area (Å²) in [7, 11) is 0. The summed E-state index contributed by atoms with van der Waals surface area (Å²) in [5, 5.41) is 6.71. The van der Waals surface area contributed by atoms with Crippen molar-refractivity contribution in [2.45, 2.75) is 42.4 Å². The molecule has 1 saturated carbocycles. The van der Waals surface area contributed by atoms with E-state index < -0.39 is 11.9 Å². The molecule has 2 N–H and O–H groups in total. The highest BCUT2D eigenvalue weighted by Crippen LogP contribution is 2.32. The minimum absolute atomic E-state index is 0.0633. The van der Waals surface area contributed by atoms with Gasteiger partial charge >= 0.3 is 6.03 Å². The van der Waals surface area contributed by atoms with Crippen molar-refractivity contribution >= 4 is 52.6 Å². The Hall–Kier alpha value is -1.76. The number of urea groups is 1. The highest BCUT2D eigenvalue weighted by atomic mass is 35.5. The van der Waals surface area contributed by atoms with E-state index in [0.717, 1.165) is 5.03 Å². The van der Waals surface area contributed by atoms with Gasteiger partial charge in [0.25, 0.3) is 5.91 Å². The van der Waals surface area contributed by atoms with Crippen molar-refractivity contribution in [3.05, 3.63) is 52.1 Å². The van der Waals surface area contributed by atoms with Gasteiger partial charge in [-0.1, -0.05) is 48.5 Å². The van der Waals surface area contributed by atoms with Crippen molar-refractivity contribution in [3.63, 3.8) is 0 Å². The molecule has 0 aliphatic heterocycles. The molecule has 5 nitrogen and oxygen atoms in total. The predicted octanol–water partition coefficient (Wildman–Crippen LogP) is 5.78.